The monoisotopic (exact) mass is 364 g/mol. The summed E-state index contributed by atoms with van der Waals surface area (Å²) in [5.41, 5.74) is 0. The van der Waals surface area contributed by atoms with Gasteiger partial charge in [-0.2, -0.15) is 4.72 Å². The molecule has 130 valence electrons. The van der Waals surface area contributed by atoms with E-state index >= 15 is 0 Å². The Morgan fingerprint density at radius 3 is 2.09 bits per heavy atom. The van der Waals surface area contributed by atoms with Crippen molar-refractivity contribution in [3.05, 3.63) is 24.3 Å². The van der Waals surface area contributed by atoms with E-state index in [9.17, 15) is 21.6 Å². The summed E-state index contributed by atoms with van der Waals surface area (Å²) in [7, 11) is -6.76. The van der Waals surface area contributed by atoms with Crippen LogP contribution in [-0.4, -0.2) is 41.0 Å². The molecule has 3 N–H and O–H groups in total. The van der Waals surface area contributed by atoms with Crippen LogP contribution in [0, 0.1) is 5.92 Å². The van der Waals surface area contributed by atoms with Gasteiger partial charge in [0.25, 0.3) is 0 Å². The lowest BCUT2D eigenvalue weighted by molar-refractivity contribution is -0.139. The fourth-order valence-corrected chi connectivity index (χ4v) is 3.95. The maximum atomic E-state index is 12.3. The number of carbonyl (C=O) groups is 1. The lowest BCUT2D eigenvalue weighted by atomic mass is 10.1. The van der Waals surface area contributed by atoms with Crippen molar-refractivity contribution in [3.8, 4) is 0 Å². The van der Waals surface area contributed by atoms with Crippen LogP contribution in [-0.2, 0) is 24.8 Å². The van der Waals surface area contributed by atoms with E-state index in [1.807, 2.05) is 0 Å². The molecule has 0 aliphatic heterocycles. The van der Waals surface area contributed by atoms with E-state index in [1.54, 1.807) is 13.8 Å². The molecule has 10 heteroatoms. The molecule has 23 heavy (non-hydrogen) atoms. The van der Waals surface area contributed by atoms with Crippen molar-refractivity contribution in [1.82, 2.24) is 9.44 Å². The predicted molar refractivity (Wildman–Crippen MR) is 83.9 cm³/mol. The fourth-order valence-electron chi connectivity index (χ4n) is 1.85. The first-order chi connectivity index (χ1) is 10.5. The molecule has 0 bridgehead atoms. The van der Waals surface area contributed by atoms with Crippen LogP contribution in [0.4, 0.5) is 0 Å². The van der Waals surface area contributed by atoms with Crippen molar-refractivity contribution < 1.29 is 26.7 Å². The molecule has 1 aromatic rings. The number of aliphatic carboxylic acids is 1. The summed E-state index contributed by atoms with van der Waals surface area (Å²) in [5, 5.41) is 9.12. The third-order valence-corrected chi connectivity index (χ3v) is 5.88. The second kappa shape index (κ2) is 7.39. The van der Waals surface area contributed by atoms with E-state index in [2.05, 4.69) is 9.44 Å². The smallest absolute Gasteiger partial charge is 0.321 e. The minimum absolute atomic E-state index is 0.0326. The van der Waals surface area contributed by atoms with Crippen LogP contribution in [0.25, 0.3) is 0 Å². The highest BCUT2D eigenvalue weighted by atomic mass is 32.2. The lowest BCUT2D eigenvalue weighted by Gasteiger charge is -2.17. The van der Waals surface area contributed by atoms with Gasteiger partial charge in [0.2, 0.25) is 20.0 Å². The summed E-state index contributed by atoms with van der Waals surface area (Å²) in [6.45, 7) is 3.54. The van der Waals surface area contributed by atoms with Crippen LogP contribution >= 0.6 is 0 Å². The normalized spacial score (nSPS) is 13.9. The van der Waals surface area contributed by atoms with E-state index in [4.69, 9.17) is 5.11 Å². The zero-order valence-corrected chi connectivity index (χ0v) is 14.6. The molecule has 0 aliphatic rings. The minimum atomic E-state index is -4.16. The van der Waals surface area contributed by atoms with E-state index in [0.717, 1.165) is 6.07 Å². The first-order valence-electron chi connectivity index (χ1n) is 6.78. The van der Waals surface area contributed by atoms with Gasteiger partial charge in [-0.1, -0.05) is 19.9 Å². The molecule has 0 radical (unpaired) electrons. The molecule has 1 aromatic carbocycles. The van der Waals surface area contributed by atoms with Gasteiger partial charge in [-0.15, -0.1) is 0 Å². The summed E-state index contributed by atoms with van der Waals surface area (Å²) >= 11 is 0. The highest BCUT2D eigenvalue weighted by Gasteiger charge is 2.27. The van der Waals surface area contributed by atoms with Gasteiger partial charge in [0.05, 0.1) is 9.79 Å². The molecule has 0 aliphatic carbocycles. The van der Waals surface area contributed by atoms with Gasteiger partial charge in [0, 0.05) is 0 Å². The molecule has 0 saturated carbocycles. The molecule has 0 fully saturated rings. The molecule has 0 amide bonds. The van der Waals surface area contributed by atoms with Gasteiger partial charge in [-0.25, -0.2) is 21.6 Å². The fraction of sp³-hybridized carbons (Fsp3) is 0.462. The number of hydrogen-bond acceptors (Lipinski definition) is 5. The average Bonchev–Trinajstić information content (AvgIpc) is 2.46. The van der Waals surface area contributed by atoms with Crippen molar-refractivity contribution in [1.29, 1.82) is 0 Å². The van der Waals surface area contributed by atoms with Crippen LogP contribution in [0.15, 0.2) is 34.1 Å². The maximum Gasteiger partial charge on any atom is 0.321 e. The standard InChI is InChI=1S/C13H20N2O6S2/c1-9(2)7-12(13(16)17)15-23(20,21)11-6-4-5-10(8-11)22(18,19)14-3/h4-6,8-9,12,14-15H,7H2,1-3H3,(H,16,17). The molecule has 1 rings (SSSR count). The zero-order valence-electron chi connectivity index (χ0n) is 13.0. The van der Waals surface area contributed by atoms with E-state index in [-0.39, 0.29) is 22.1 Å². The van der Waals surface area contributed by atoms with Crippen LogP contribution in [0.1, 0.15) is 20.3 Å². The van der Waals surface area contributed by atoms with E-state index in [1.165, 1.54) is 25.2 Å². The number of sulfonamides is 2. The molecule has 0 heterocycles. The second-order valence-electron chi connectivity index (χ2n) is 5.32. The first-order valence-corrected chi connectivity index (χ1v) is 9.75. The number of rotatable bonds is 8. The summed E-state index contributed by atoms with van der Waals surface area (Å²) in [6, 6.07) is 3.41. The second-order valence-corrected chi connectivity index (χ2v) is 8.92. The van der Waals surface area contributed by atoms with Gasteiger partial charge >= 0.3 is 5.97 Å². The Balaban J connectivity index is 3.18. The predicted octanol–water partition coefficient (Wildman–Crippen LogP) is 0.372. The molecular weight excluding hydrogens is 344 g/mol. The molecule has 0 spiro atoms. The Hall–Kier alpha value is -1.49. The Morgan fingerprint density at radius 2 is 1.65 bits per heavy atom. The third-order valence-electron chi connectivity index (χ3n) is 3.00. The molecular formula is C13H20N2O6S2. The van der Waals surface area contributed by atoms with Gasteiger partial charge < -0.3 is 5.11 Å². The van der Waals surface area contributed by atoms with Crippen LogP contribution < -0.4 is 9.44 Å². The quantitative estimate of drug-likeness (QED) is 0.611. The van der Waals surface area contributed by atoms with Crippen LogP contribution in [0.3, 0.4) is 0 Å². The van der Waals surface area contributed by atoms with E-state index in [0.29, 0.717) is 0 Å². The molecule has 0 saturated heterocycles. The van der Waals surface area contributed by atoms with Crippen molar-refractivity contribution in [2.45, 2.75) is 36.1 Å². The van der Waals surface area contributed by atoms with Gasteiger partial charge in [0.1, 0.15) is 6.04 Å². The van der Waals surface area contributed by atoms with Crippen LogP contribution in [0.5, 0.6) is 0 Å². The summed E-state index contributed by atoms with van der Waals surface area (Å²) in [5.74, 6) is -1.32. The Morgan fingerprint density at radius 1 is 1.13 bits per heavy atom. The summed E-state index contributed by atoms with van der Waals surface area (Å²) in [6.07, 6.45) is 0.114. The lowest BCUT2D eigenvalue weighted by Crippen LogP contribution is -2.41. The Labute approximate surface area is 136 Å². The molecule has 1 unspecified atom stereocenters. The van der Waals surface area contributed by atoms with Crippen molar-refractivity contribution in [3.63, 3.8) is 0 Å². The number of carboxylic acids is 1. The highest BCUT2D eigenvalue weighted by molar-refractivity contribution is 7.90. The number of nitrogens with one attached hydrogen (secondary N) is 2. The van der Waals surface area contributed by atoms with Gasteiger partial charge in [-0.05, 0) is 37.6 Å². The first kappa shape index (κ1) is 19.6. The third kappa shape index (κ3) is 5.27. The van der Waals surface area contributed by atoms with Crippen molar-refractivity contribution in [2.24, 2.45) is 5.92 Å². The Bertz CT molecular complexity index is 771. The SMILES string of the molecule is CNS(=O)(=O)c1cccc(S(=O)(=O)NC(CC(C)C)C(=O)O)c1. The Kier molecular flexibility index (Phi) is 6.28. The molecule has 0 aromatic heterocycles. The molecule has 1 atom stereocenters. The average molecular weight is 364 g/mol. The molecule has 8 nitrogen and oxygen atoms in total. The maximum absolute atomic E-state index is 12.3. The van der Waals surface area contributed by atoms with Crippen molar-refractivity contribution >= 4 is 26.0 Å². The number of hydrogen-bond donors (Lipinski definition) is 3. The summed E-state index contributed by atoms with van der Waals surface area (Å²) in [4.78, 5) is 10.6. The van der Waals surface area contributed by atoms with E-state index < -0.39 is 32.1 Å². The highest BCUT2D eigenvalue weighted by Crippen LogP contribution is 2.17. The van der Waals surface area contributed by atoms with Crippen LogP contribution in [0.2, 0.25) is 0 Å². The topological polar surface area (TPSA) is 130 Å². The van der Waals surface area contributed by atoms with Gasteiger partial charge in [0.15, 0.2) is 0 Å². The number of carboxylic acid groups (broad SMARTS) is 1. The van der Waals surface area contributed by atoms with Gasteiger partial charge in [-0.3, -0.25) is 4.79 Å². The van der Waals surface area contributed by atoms with Crippen molar-refractivity contribution in [2.75, 3.05) is 7.05 Å². The minimum Gasteiger partial charge on any atom is -0.480 e. The summed E-state index contributed by atoms with van der Waals surface area (Å²) < 4.78 is 52.3. The number of benzene rings is 1. The largest absolute Gasteiger partial charge is 0.480 e. The zero-order chi connectivity index (χ0) is 17.8.